The van der Waals surface area contributed by atoms with Crippen LogP contribution in [0.5, 0.6) is 11.8 Å². The topological polar surface area (TPSA) is 112 Å². The van der Waals surface area contributed by atoms with Gasteiger partial charge >= 0.3 is 5.97 Å². The highest BCUT2D eigenvalue weighted by Gasteiger charge is 2.43. The number of aromatic nitrogens is 1. The standard InChI is InChI=1S/C21H32N2O7S/c1-15(9-6-7-14-24)29-19-17(11-12-18(22-19)28-5)31(26,27)23-13-8-10-16(23)20(25)30-21(2,3)4/h11-12,14-16H,6-10,13H2,1-5H3/t15-,16+/m1/s1. The Morgan fingerprint density at radius 1 is 1.35 bits per heavy atom. The van der Waals surface area contributed by atoms with Gasteiger partial charge in [-0.3, -0.25) is 4.79 Å². The van der Waals surface area contributed by atoms with Crippen molar-refractivity contribution in [3.8, 4) is 11.8 Å². The Labute approximate surface area is 184 Å². The van der Waals surface area contributed by atoms with Crippen molar-refractivity contribution in [2.45, 2.75) is 82.4 Å². The Kier molecular flexibility index (Phi) is 8.41. The smallest absolute Gasteiger partial charge is 0.324 e. The van der Waals surface area contributed by atoms with Gasteiger partial charge in [-0.2, -0.15) is 9.29 Å². The fourth-order valence-electron chi connectivity index (χ4n) is 3.30. The van der Waals surface area contributed by atoms with Crippen LogP contribution in [0.2, 0.25) is 0 Å². The summed E-state index contributed by atoms with van der Waals surface area (Å²) in [6, 6.07) is 1.92. The number of rotatable bonds is 10. The zero-order chi connectivity index (χ0) is 23.2. The summed E-state index contributed by atoms with van der Waals surface area (Å²) < 4.78 is 44.5. The molecular formula is C21H32N2O7S. The molecule has 174 valence electrons. The maximum Gasteiger partial charge on any atom is 0.324 e. The molecule has 1 saturated heterocycles. The fourth-order valence-corrected chi connectivity index (χ4v) is 5.01. The first-order valence-electron chi connectivity index (χ1n) is 10.4. The van der Waals surface area contributed by atoms with E-state index in [0.717, 1.165) is 10.6 Å². The first kappa shape index (κ1) is 25.1. The molecule has 0 aromatic carbocycles. The van der Waals surface area contributed by atoms with Crippen LogP contribution >= 0.6 is 0 Å². The quantitative estimate of drug-likeness (QED) is 0.300. The third kappa shape index (κ3) is 6.64. The van der Waals surface area contributed by atoms with Crippen LogP contribution in [0, 0.1) is 0 Å². The molecule has 9 nitrogen and oxygen atoms in total. The van der Waals surface area contributed by atoms with Crippen LogP contribution in [0.15, 0.2) is 17.0 Å². The molecular weight excluding hydrogens is 424 g/mol. The largest absolute Gasteiger partial charge is 0.481 e. The highest BCUT2D eigenvalue weighted by molar-refractivity contribution is 7.89. The van der Waals surface area contributed by atoms with E-state index in [1.54, 1.807) is 27.7 Å². The summed E-state index contributed by atoms with van der Waals surface area (Å²) in [4.78, 5) is 27.2. The summed E-state index contributed by atoms with van der Waals surface area (Å²) in [5, 5.41) is 0. The van der Waals surface area contributed by atoms with Gasteiger partial charge in [-0.05, 0) is 59.4 Å². The lowest BCUT2D eigenvalue weighted by Crippen LogP contribution is -2.43. The maximum absolute atomic E-state index is 13.5. The van der Waals surface area contributed by atoms with E-state index in [2.05, 4.69) is 4.98 Å². The van der Waals surface area contributed by atoms with Crippen LogP contribution < -0.4 is 9.47 Å². The molecule has 1 aliphatic heterocycles. The summed E-state index contributed by atoms with van der Waals surface area (Å²) in [5.74, 6) is -0.452. The average Bonchev–Trinajstić information content (AvgIpc) is 3.17. The van der Waals surface area contributed by atoms with Gasteiger partial charge < -0.3 is 19.0 Å². The molecule has 2 atom stereocenters. The van der Waals surface area contributed by atoms with E-state index >= 15 is 0 Å². The van der Waals surface area contributed by atoms with Gasteiger partial charge in [0.2, 0.25) is 21.8 Å². The van der Waals surface area contributed by atoms with E-state index in [4.69, 9.17) is 14.2 Å². The molecule has 0 amide bonds. The lowest BCUT2D eigenvalue weighted by atomic mass is 10.2. The number of hydrogen-bond donors (Lipinski definition) is 0. The van der Waals surface area contributed by atoms with Crippen LogP contribution in [-0.4, -0.2) is 61.4 Å². The van der Waals surface area contributed by atoms with Crippen molar-refractivity contribution < 1.29 is 32.2 Å². The van der Waals surface area contributed by atoms with E-state index < -0.39 is 27.6 Å². The SMILES string of the molecule is COc1ccc(S(=O)(=O)N2CCC[C@H]2C(=O)OC(C)(C)C)c(O[C@H](C)CCCC=O)n1. The first-order valence-corrected chi connectivity index (χ1v) is 11.8. The molecule has 0 spiro atoms. The zero-order valence-corrected chi connectivity index (χ0v) is 19.6. The van der Waals surface area contributed by atoms with Gasteiger partial charge in [0.25, 0.3) is 0 Å². The van der Waals surface area contributed by atoms with Crippen molar-refractivity contribution in [1.29, 1.82) is 0 Å². The molecule has 0 N–H and O–H groups in total. The summed E-state index contributed by atoms with van der Waals surface area (Å²) >= 11 is 0. The second-order valence-electron chi connectivity index (χ2n) is 8.49. The van der Waals surface area contributed by atoms with Gasteiger partial charge in [0.15, 0.2) is 0 Å². The van der Waals surface area contributed by atoms with Gasteiger partial charge in [0, 0.05) is 19.0 Å². The molecule has 0 aliphatic carbocycles. The summed E-state index contributed by atoms with van der Waals surface area (Å²) in [5.41, 5.74) is -0.720. The Hall–Kier alpha value is -2.20. The van der Waals surface area contributed by atoms with Crippen molar-refractivity contribution >= 4 is 22.3 Å². The predicted octanol–water partition coefficient (Wildman–Crippen LogP) is 2.72. The van der Waals surface area contributed by atoms with Gasteiger partial charge in [-0.1, -0.05) is 0 Å². The number of ether oxygens (including phenoxy) is 3. The minimum absolute atomic E-state index is 0.0900. The molecule has 1 aliphatic rings. The maximum atomic E-state index is 13.5. The monoisotopic (exact) mass is 456 g/mol. The van der Waals surface area contributed by atoms with Gasteiger partial charge in [0.05, 0.1) is 13.2 Å². The number of esters is 1. The number of nitrogens with zero attached hydrogens (tertiary/aromatic N) is 2. The third-order valence-corrected chi connectivity index (χ3v) is 6.64. The zero-order valence-electron chi connectivity index (χ0n) is 18.8. The number of unbranched alkanes of at least 4 members (excludes halogenated alkanes) is 1. The normalized spacial score (nSPS) is 18.4. The highest BCUT2D eigenvalue weighted by atomic mass is 32.2. The number of pyridine rings is 1. The third-order valence-electron chi connectivity index (χ3n) is 4.72. The number of carbonyl (C=O) groups excluding carboxylic acids is 2. The molecule has 1 aromatic rings. The van der Waals surface area contributed by atoms with Crippen molar-refractivity contribution in [3.05, 3.63) is 12.1 Å². The average molecular weight is 457 g/mol. The molecule has 1 aromatic heterocycles. The van der Waals surface area contributed by atoms with Crippen LogP contribution in [0.3, 0.4) is 0 Å². The van der Waals surface area contributed by atoms with Crippen LogP contribution in [0.4, 0.5) is 0 Å². The van der Waals surface area contributed by atoms with Crippen LogP contribution in [0.1, 0.15) is 59.8 Å². The molecule has 0 saturated carbocycles. The molecule has 1 fully saturated rings. The van der Waals surface area contributed by atoms with E-state index in [9.17, 15) is 18.0 Å². The molecule has 31 heavy (non-hydrogen) atoms. The van der Waals surface area contributed by atoms with E-state index in [1.807, 2.05) is 0 Å². The van der Waals surface area contributed by atoms with Crippen molar-refractivity contribution in [1.82, 2.24) is 9.29 Å². The number of aldehydes is 1. The van der Waals surface area contributed by atoms with Crippen molar-refractivity contribution in [3.63, 3.8) is 0 Å². The Morgan fingerprint density at radius 3 is 2.68 bits per heavy atom. The van der Waals surface area contributed by atoms with E-state index in [1.165, 1.54) is 19.2 Å². The van der Waals surface area contributed by atoms with Gasteiger partial charge in [0.1, 0.15) is 22.8 Å². The molecule has 2 heterocycles. The lowest BCUT2D eigenvalue weighted by Gasteiger charge is -2.27. The second kappa shape index (κ2) is 10.4. The molecule has 0 unspecified atom stereocenters. The summed E-state index contributed by atoms with van der Waals surface area (Å²) in [6.45, 7) is 7.20. The van der Waals surface area contributed by atoms with Crippen LogP contribution in [0.25, 0.3) is 0 Å². The van der Waals surface area contributed by atoms with Crippen molar-refractivity contribution in [2.24, 2.45) is 0 Å². The Balaban J connectivity index is 2.34. The number of sulfonamides is 1. The molecule has 10 heteroatoms. The minimum atomic E-state index is -4.08. The Morgan fingerprint density at radius 2 is 2.06 bits per heavy atom. The number of hydrogen-bond acceptors (Lipinski definition) is 8. The fraction of sp³-hybridized carbons (Fsp3) is 0.667. The van der Waals surface area contributed by atoms with E-state index in [0.29, 0.717) is 32.1 Å². The van der Waals surface area contributed by atoms with Crippen LogP contribution in [-0.2, 0) is 24.3 Å². The predicted molar refractivity (Wildman–Crippen MR) is 114 cm³/mol. The molecule has 0 bridgehead atoms. The minimum Gasteiger partial charge on any atom is -0.481 e. The second-order valence-corrected chi connectivity index (χ2v) is 10.3. The van der Waals surface area contributed by atoms with Crippen molar-refractivity contribution in [2.75, 3.05) is 13.7 Å². The van der Waals surface area contributed by atoms with Gasteiger partial charge in [-0.25, -0.2) is 8.42 Å². The first-order chi connectivity index (χ1) is 14.5. The Bertz CT molecular complexity index is 880. The molecule has 2 rings (SSSR count). The highest BCUT2D eigenvalue weighted by Crippen LogP contribution is 2.33. The summed E-state index contributed by atoms with van der Waals surface area (Å²) in [6.07, 6.45) is 2.96. The lowest BCUT2D eigenvalue weighted by molar-refractivity contribution is -0.158. The van der Waals surface area contributed by atoms with Gasteiger partial charge in [-0.15, -0.1) is 0 Å². The van der Waals surface area contributed by atoms with E-state index in [-0.39, 0.29) is 29.3 Å². The number of carbonyl (C=O) groups is 2. The number of methoxy groups -OCH3 is 1. The summed E-state index contributed by atoms with van der Waals surface area (Å²) in [7, 11) is -2.66. The molecule has 0 radical (unpaired) electrons.